The molecule has 1 unspecified atom stereocenters. The van der Waals surface area contributed by atoms with Gasteiger partial charge in [0, 0.05) is 0 Å². The Morgan fingerprint density at radius 1 is 1.89 bits per heavy atom. The van der Waals surface area contributed by atoms with Crippen LogP contribution in [0.4, 0.5) is 0 Å². The zero-order chi connectivity index (χ0) is 7.28. The molecule has 1 atom stereocenters. The molecule has 0 saturated heterocycles. The van der Waals surface area contributed by atoms with E-state index < -0.39 is 12.0 Å². The van der Waals surface area contributed by atoms with E-state index in [1.165, 1.54) is 0 Å². The molecular formula is C5H11NO3. The van der Waals surface area contributed by atoms with Gasteiger partial charge in [0.05, 0.1) is 0 Å². The second-order valence-corrected chi connectivity index (χ2v) is 1.66. The van der Waals surface area contributed by atoms with Gasteiger partial charge in [-0.1, -0.05) is 6.92 Å². The van der Waals surface area contributed by atoms with Crippen LogP contribution < -0.4 is 5.32 Å². The Morgan fingerprint density at radius 2 is 2.44 bits per heavy atom. The first-order valence-corrected chi connectivity index (χ1v) is 2.78. The topological polar surface area (TPSA) is 58.6 Å². The van der Waals surface area contributed by atoms with Crippen LogP contribution in [0.1, 0.15) is 13.3 Å². The van der Waals surface area contributed by atoms with Crippen LogP contribution in [-0.4, -0.2) is 24.3 Å². The lowest BCUT2D eigenvalue weighted by Gasteiger charge is -2.07. The van der Waals surface area contributed by atoms with Crippen LogP contribution in [0.25, 0.3) is 0 Å². The summed E-state index contributed by atoms with van der Waals surface area (Å²) in [6.07, 6.45) is 0.607. The highest BCUT2D eigenvalue weighted by Crippen LogP contribution is 1.90. The van der Waals surface area contributed by atoms with Crippen molar-refractivity contribution >= 4 is 5.97 Å². The van der Waals surface area contributed by atoms with E-state index in [-0.39, 0.29) is 0 Å². The molecule has 0 amide bonds. The lowest BCUT2D eigenvalue weighted by molar-refractivity contribution is -0.236. The SMILES string of the molecule is CCC(NC)C(=O)OO. The van der Waals surface area contributed by atoms with Gasteiger partial charge in [0.1, 0.15) is 6.04 Å². The fourth-order valence-corrected chi connectivity index (χ4v) is 0.552. The van der Waals surface area contributed by atoms with E-state index in [1.807, 2.05) is 6.92 Å². The average molecular weight is 133 g/mol. The molecule has 0 aliphatic heterocycles. The summed E-state index contributed by atoms with van der Waals surface area (Å²) in [7, 11) is 1.63. The summed E-state index contributed by atoms with van der Waals surface area (Å²) in [4.78, 5) is 13.9. The standard InChI is InChI=1S/C5H11NO3/c1-3-4(6-2)5(7)9-8/h4,6,8H,3H2,1-2H3. The van der Waals surface area contributed by atoms with Crippen molar-refractivity contribution in [2.24, 2.45) is 0 Å². The number of carbonyl (C=O) groups excluding carboxylic acids is 1. The minimum Gasteiger partial charge on any atom is -0.307 e. The van der Waals surface area contributed by atoms with Gasteiger partial charge in [-0.25, -0.2) is 4.79 Å². The molecule has 0 bridgehead atoms. The maximum absolute atomic E-state index is 10.4. The van der Waals surface area contributed by atoms with Crippen molar-refractivity contribution in [3.8, 4) is 0 Å². The van der Waals surface area contributed by atoms with E-state index in [2.05, 4.69) is 10.2 Å². The molecule has 0 fully saturated rings. The fourth-order valence-electron chi connectivity index (χ4n) is 0.552. The predicted molar refractivity (Wildman–Crippen MR) is 31.9 cm³/mol. The molecule has 0 aliphatic rings. The van der Waals surface area contributed by atoms with Gasteiger partial charge < -0.3 is 5.32 Å². The molecular weight excluding hydrogens is 122 g/mol. The van der Waals surface area contributed by atoms with Crippen LogP contribution in [0.5, 0.6) is 0 Å². The van der Waals surface area contributed by atoms with E-state index in [4.69, 9.17) is 5.26 Å². The van der Waals surface area contributed by atoms with Crippen LogP contribution in [-0.2, 0) is 9.68 Å². The highest BCUT2D eigenvalue weighted by Gasteiger charge is 2.14. The summed E-state index contributed by atoms with van der Waals surface area (Å²) in [5, 5.41) is 10.5. The van der Waals surface area contributed by atoms with Crippen LogP contribution in [0.2, 0.25) is 0 Å². The molecule has 0 aromatic rings. The Hall–Kier alpha value is -0.610. The molecule has 4 heteroatoms. The summed E-state index contributed by atoms with van der Waals surface area (Å²) < 4.78 is 0. The van der Waals surface area contributed by atoms with Gasteiger partial charge in [-0.2, -0.15) is 5.26 Å². The van der Waals surface area contributed by atoms with Crippen molar-refractivity contribution in [3.63, 3.8) is 0 Å². The van der Waals surface area contributed by atoms with Gasteiger partial charge in [0.15, 0.2) is 0 Å². The van der Waals surface area contributed by atoms with Crippen molar-refractivity contribution in [2.75, 3.05) is 7.05 Å². The number of likely N-dealkylation sites (N-methyl/N-ethyl adjacent to an activating group) is 1. The smallest absolute Gasteiger partial charge is 0.307 e. The first-order chi connectivity index (χ1) is 4.26. The highest BCUT2D eigenvalue weighted by molar-refractivity contribution is 5.74. The Bertz CT molecular complexity index is 90.2. The fraction of sp³-hybridized carbons (Fsp3) is 0.800. The lowest BCUT2D eigenvalue weighted by atomic mass is 10.2. The van der Waals surface area contributed by atoms with Crippen molar-refractivity contribution in [2.45, 2.75) is 19.4 Å². The molecule has 0 rings (SSSR count). The van der Waals surface area contributed by atoms with Crippen molar-refractivity contribution in [3.05, 3.63) is 0 Å². The number of rotatable bonds is 3. The molecule has 0 aliphatic carbocycles. The van der Waals surface area contributed by atoms with Crippen LogP contribution >= 0.6 is 0 Å². The Morgan fingerprint density at radius 3 is 2.56 bits per heavy atom. The highest BCUT2D eigenvalue weighted by atomic mass is 17.1. The third kappa shape index (κ3) is 2.43. The van der Waals surface area contributed by atoms with E-state index in [1.54, 1.807) is 7.05 Å². The molecule has 0 heterocycles. The van der Waals surface area contributed by atoms with Crippen molar-refractivity contribution < 1.29 is 14.9 Å². The Balaban J connectivity index is 3.64. The monoisotopic (exact) mass is 133 g/mol. The van der Waals surface area contributed by atoms with Crippen LogP contribution in [0.3, 0.4) is 0 Å². The summed E-state index contributed by atoms with van der Waals surface area (Å²) >= 11 is 0. The quantitative estimate of drug-likeness (QED) is 0.420. The minimum atomic E-state index is -0.639. The zero-order valence-corrected chi connectivity index (χ0v) is 5.55. The maximum Gasteiger partial charge on any atom is 0.358 e. The zero-order valence-electron chi connectivity index (χ0n) is 5.55. The summed E-state index contributed by atoms with van der Waals surface area (Å²) in [6, 6.07) is -0.394. The van der Waals surface area contributed by atoms with Gasteiger partial charge in [-0.15, -0.1) is 0 Å². The molecule has 0 radical (unpaired) electrons. The van der Waals surface area contributed by atoms with Gasteiger partial charge in [-0.05, 0) is 13.5 Å². The molecule has 4 nitrogen and oxygen atoms in total. The largest absolute Gasteiger partial charge is 0.358 e. The number of hydrogen-bond donors (Lipinski definition) is 2. The van der Waals surface area contributed by atoms with Crippen LogP contribution in [0.15, 0.2) is 0 Å². The Labute approximate surface area is 53.7 Å². The minimum absolute atomic E-state index is 0.394. The average Bonchev–Trinajstić information content (AvgIpc) is 1.90. The first-order valence-electron chi connectivity index (χ1n) is 2.78. The predicted octanol–water partition coefficient (Wildman–Crippen LogP) is 0.000600. The van der Waals surface area contributed by atoms with Crippen LogP contribution in [0, 0.1) is 0 Å². The van der Waals surface area contributed by atoms with E-state index in [0.717, 1.165) is 0 Å². The van der Waals surface area contributed by atoms with Gasteiger partial charge in [-0.3, -0.25) is 4.89 Å². The second kappa shape index (κ2) is 4.29. The first kappa shape index (κ1) is 8.39. The van der Waals surface area contributed by atoms with Crippen molar-refractivity contribution in [1.29, 1.82) is 0 Å². The molecule has 0 saturated carbocycles. The lowest BCUT2D eigenvalue weighted by Crippen LogP contribution is -2.34. The summed E-state index contributed by atoms with van der Waals surface area (Å²) in [5.74, 6) is -0.639. The van der Waals surface area contributed by atoms with Gasteiger partial charge in [0.2, 0.25) is 0 Å². The second-order valence-electron chi connectivity index (χ2n) is 1.66. The third-order valence-corrected chi connectivity index (χ3v) is 1.13. The molecule has 0 spiro atoms. The number of hydrogen-bond acceptors (Lipinski definition) is 4. The van der Waals surface area contributed by atoms with Gasteiger partial charge >= 0.3 is 5.97 Å². The Kier molecular flexibility index (Phi) is 4.00. The van der Waals surface area contributed by atoms with E-state index in [0.29, 0.717) is 6.42 Å². The number of nitrogens with one attached hydrogen (secondary N) is 1. The molecule has 9 heavy (non-hydrogen) atoms. The molecule has 0 aromatic heterocycles. The molecule has 54 valence electrons. The molecule has 2 N–H and O–H groups in total. The third-order valence-electron chi connectivity index (χ3n) is 1.13. The molecule has 0 aromatic carbocycles. The summed E-state index contributed by atoms with van der Waals surface area (Å²) in [5.41, 5.74) is 0. The maximum atomic E-state index is 10.4. The van der Waals surface area contributed by atoms with E-state index in [9.17, 15) is 4.79 Å². The van der Waals surface area contributed by atoms with Crippen molar-refractivity contribution in [1.82, 2.24) is 5.32 Å². The van der Waals surface area contributed by atoms with E-state index >= 15 is 0 Å². The normalized spacial score (nSPS) is 12.8. The van der Waals surface area contributed by atoms with Gasteiger partial charge in [0.25, 0.3) is 0 Å². The summed E-state index contributed by atoms with van der Waals surface area (Å²) in [6.45, 7) is 1.82. The number of carbonyl (C=O) groups is 1.